The lowest BCUT2D eigenvalue weighted by atomic mass is 10.1. The highest BCUT2D eigenvalue weighted by Crippen LogP contribution is 2.32. The zero-order chi connectivity index (χ0) is 16.5. The number of pyridine rings is 1. The highest BCUT2D eigenvalue weighted by atomic mass is 16.2. The molecule has 1 saturated carbocycles. The van der Waals surface area contributed by atoms with Gasteiger partial charge in [-0.3, -0.25) is 9.59 Å². The number of nitrogens with zero attached hydrogens (tertiary/aromatic N) is 5. The van der Waals surface area contributed by atoms with Crippen LogP contribution in [-0.4, -0.2) is 49.6 Å². The molecule has 0 unspecified atom stereocenters. The molecule has 3 heterocycles. The van der Waals surface area contributed by atoms with Gasteiger partial charge < -0.3 is 10.2 Å². The smallest absolute Gasteiger partial charge is 0.229 e. The molecule has 24 heavy (non-hydrogen) atoms. The Morgan fingerprint density at radius 2 is 2.21 bits per heavy atom. The Kier molecular flexibility index (Phi) is 3.72. The van der Waals surface area contributed by atoms with Crippen LogP contribution in [0.2, 0.25) is 0 Å². The molecule has 4 rings (SSSR count). The number of anilines is 1. The lowest BCUT2D eigenvalue weighted by molar-refractivity contribution is -0.128. The Hall–Kier alpha value is -2.77. The Bertz CT molecular complexity index is 738. The zero-order valence-electron chi connectivity index (χ0n) is 13.1. The van der Waals surface area contributed by atoms with E-state index in [0.717, 1.165) is 6.54 Å². The summed E-state index contributed by atoms with van der Waals surface area (Å²) in [5.41, 5.74) is 0.608. The van der Waals surface area contributed by atoms with Crippen molar-refractivity contribution < 1.29 is 9.59 Å². The molecule has 8 nitrogen and oxygen atoms in total. The van der Waals surface area contributed by atoms with E-state index in [2.05, 4.69) is 20.4 Å². The summed E-state index contributed by atoms with van der Waals surface area (Å²) < 4.78 is 1.54. The van der Waals surface area contributed by atoms with Gasteiger partial charge in [0.2, 0.25) is 11.8 Å². The van der Waals surface area contributed by atoms with E-state index in [1.807, 2.05) is 4.90 Å². The monoisotopic (exact) mass is 326 g/mol. The first-order valence-corrected chi connectivity index (χ1v) is 8.09. The van der Waals surface area contributed by atoms with Crippen LogP contribution >= 0.6 is 0 Å². The molecule has 1 aliphatic carbocycles. The summed E-state index contributed by atoms with van der Waals surface area (Å²) in [7, 11) is 0. The minimum atomic E-state index is -0.286. The molecule has 0 spiro atoms. The van der Waals surface area contributed by atoms with Gasteiger partial charge in [-0.15, -0.1) is 0 Å². The number of amides is 2. The van der Waals surface area contributed by atoms with Crippen LogP contribution in [0, 0.1) is 11.8 Å². The van der Waals surface area contributed by atoms with E-state index < -0.39 is 0 Å². The quantitative estimate of drug-likeness (QED) is 0.879. The number of rotatable bonds is 5. The van der Waals surface area contributed by atoms with Crippen molar-refractivity contribution in [3.8, 4) is 5.82 Å². The van der Waals surface area contributed by atoms with E-state index >= 15 is 0 Å². The summed E-state index contributed by atoms with van der Waals surface area (Å²) in [5.74, 6) is 0.936. The highest BCUT2D eigenvalue weighted by molar-refractivity contribution is 5.97. The van der Waals surface area contributed by atoms with Gasteiger partial charge >= 0.3 is 0 Å². The fourth-order valence-corrected chi connectivity index (χ4v) is 2.90. The largest absolute Gasteiger partial charge is 0.342 e. The van der Waals surface area contributed by atoms with E-state index in [4.69, 9.17) is 0 Å². The number of carbonyl (C=O) groups excluding carboxylic acids is 2. The third-order valence-electron chi connectivity index (χ3n) is 4.43. The molecule has 1 N–H and O–H groups in total. The van der Waals surface area contributed by atoms with Gasteiger partial charge in [0.15, 0.2) is 5.82 Å². The summed E-state index contributed by atoms with van der Waals surface area (Å²) in [6, 6.07) is 3.52. The molecule has 1 aliphatic heterocycles. The van der Waals surface area contributed by atoms with Gasteiger partial charge in [-0.1, -0.05) is 0 Å². The molecular weight excluding hydrogens is 308 g/mol. The van der Waals surface area contributed by atoms with Crippen molar-refractivity contribution in [3.05, 3.63) is 31.0 Å². The summed E-state index contributed by atoms with van der Waals surface area (Å²) in [6.45, 7) is 1.32. The number of nitrogens with one attached hydrogen (secondary N) is 1. The molecule has 0 aromatic carbocycles. The van der Waals surface area contributed by atoms with E-state index in [1.54, 1.807) is 24.7 Å². The molecule has 1 atom stereocenters. The van der Waals surface area contributed by atoms with E-state index in [1.165, 1.54) is 23.9 Å². The van der Waals surface area contributed by atoms with Gasteiger partial charge in [0.25, 0.3) is 0 Å². The van der Waals surface area contributed by atoms with E-state index in [-0.39, 0.29) is 17.7 Å². The Morgan fingerprint density at radius 1 is 1.33 bits per heavy atom. The molecule has 2 aliphatic rings. The summed E-state index contributed by atoms with van der Waals surface area (Å²) in [6.07, 6.45) is 7.26. The van der Waals surface area contributed by atoms with Gasteiger partial charge in [0, 0.05) is 19.5 Å². The summed E-state index contributed by atoms with van der Waals surface area (Å²) >= 11 is 0. The average Bonchev–Trinajstić information content (AvgIpc) is 3.08. The first kappa shape index (κ1) is 14.8. The lowest BCUT2D eigenvalue weighted by Gasteiger charge is -2.16. The third-order valence-corrected chi connectivity index (χ3v) is 4.43. The number of likely N-dealkylation sites (tertiary alicyclic amines) is 1. The number of hydrogen-bond acceptors (Lipinski definition) is 5. The van der Waals surface area contributed by atoms with Crippen molar-refractivity contribution in [2.75, 3.05) is 18.4 Å². The lowest BCUT2D eigenvalue weighted by Crippen LogP contribution is -2.29. The first-order valence-electron chi connectivity index (χ1n) is 8.09. The maximum Gasteiger partial charge on any atom is 0.229 e. The zero-order valence-corrected chi connectivity index (χ0v) is 13.1. The molecule has 1 saturated heterocycles. The predicted octanol–water partition coefficient (Wildman–Crippen LogP) is 0.859. The normalized spacial score (nSPS) is 20.4. The molecule has 0 radical (unpaired) electrons. The SMILES string of the molecule is O=C(Nc1ccc(-n2cncn2)nc1)[C@@H]1CC(=O)N(CC2CC2)C1. The Labute approximate surface area is 138 Å². The molecule has 2 fully saturated rings. The van der Waals surface area contributed by atoms with Gasteiger partial charge in [-0.25, -0.2) is 14.6 Å². The standard InChI is InChI=1S/C16H18N6O2/c23-15-5-12(8-21(15)7-11-1-2-11)16(24)20-13-3-4-14(18-6-13)22-10-17-9-19-22/h3-4,6,9-12H,1-2,5,7-8H2,(H,20,24)/t12-/m1/s1. The van der Waals surface area contributed by atoms with Crippen LogP contribution in [0.1, 0.15) is 19.3 Å². The van der Waals surface area contributed by atoms with E-state index in [0.29, 0.717) is 30.4 Å². The predicted molar refractivity (Wildman–Crippen MR) is 85.2 cm³/mol. The Balaban J connectivity index is 1.36. The van der Waals surface area contributed by atoms with E-state index in [9.17, 15) is 9.59 Å². The average molecular weight is 326 g/mol. The molecule has 2 amide bonds. The minimum Gasteiger partial charge on any atom is -0.342 e. The van der Waals surface area contributed by atoms with Crippen molar-refractivity contribution in [1.29, 1.82) is 0 Å². The van der Waals surface area contributed by atoms with Crippen molar-refractivity contribution in [1.82, 2.24) is 24.6 Å². The van der Waals surface area contributed by atoms with Crippen molar-refractivity contribution in [2.24, 2.45) is 11.8 Å². The van der Waals surface area contributed by atoms with Crippen LogP contribution in [0.3, 0.4) is 0 Å². The second-order valence-corrected chi connectivity index (χ2v) is 6.38. The second-order valence-electron chi connectivity index (χ2n) is 6.38. The third kappa shape index (κ3) is 3.12. The van der Waals surface area contributed by atoms with Crippen molar-refractivity contribution >= 4 is 17.5 Å². The van der Waals surface area contributed by atoms with Gasteiger partial charge in [-0.2, -0.15) is 5.10 Å². The van der Waals surface area contributed by atoms with Crippen LogP contribution in [-0.2, 0) is 9.59 Å². The fourth-order valence-electron chi connectivity index (χ4n) is 2.90. The molecule has 2 aromatic heterocycles. The topological polar surface area (TPSA) is 93.0 Å². The number of hydrogen-bond donors (Lipinski definition) is 1. The molecule has 8 heteroatoms. The minimum absolute atomic E-state index is 0.0849. The van der Waals surface area contributed by atoms with Gasteiger partial charge in [-0.05, 0) is 30.9 Å². The molecule has 2 aromatic rings. The molecule has 0 bridgehead atoms. The van der Waals surface area contributed by atoms with Crippen LogP contribution in [0.25, 0.3) is 5.82 Å². The first-order chi connectivity index (χ1) is 11.7. The number of aromatic nitrogens is 4. The Morgan fingerprint density at radius 3 is 2.88 bits per heavy atom. The van der Waals surface area contributed by atoms with Crippen LogP contribution in [0.4, 0.5) is 5.69 Å². The van der Waals surface area contributed by atoms with Gasteiger partial charge in [0.1, 0.15) is 12.7 Å². The van der Waals surface area contributed by atoms with Crippen molar-refractivity contribution in [3.63, 3.8) is 0 Å². The summed E-state index contributed by atoms with van der Waals surface area (Å²) in [4.78, 5) is 34.3. The summed E-state index contributed by atoms with van der Waals surface area (Å²) in [5, 5.41) is 6.84. The maximum atomic E-state index is 12.4. The van der Waals surface area contributed by atoms with Crippen LogP contribution < -0.4 is 5.32 Å². The van der Waals surface area contributed by atoms with Crippen LogP contribution in [0.15, 0.2) is 31.0 Å². The fraction of sp³-hybridized carbons (Fsp3) is 0.438. The molecule has 124 valence electrons. The maximum absolute atomic E-state index is 12.4. The highest BCUT2D eigenvalue weighted by Gasteiger charge is 2.37. The van der Waals surface area contributed by atoms with Crippen LogP contribution in [0.5, 0.6) is 0 Å². The molecular formula is C16H18N6O2. The van der Waals surface area contributed by atoms with Crippen molar-refractivity contribution in [2.45, 2.75) is 19.3 Å². The second kappa shape index (κ2) is 6.03. The van der Waals surface area contributed by atoms with Gasteiger partial charge in [0.05, 0.1) is 17.8 Å². The number of carbonyl (C=O) groups is 2.